The van der Waals surface area contributed by atoms with Gasteiger partial charge in [0.25, 0.3) is 0 Å². The number of amides is 1. The summed E-state index contributed by atoms with van der Waals surface area (Å²) in [6, 6.07) is 14.3. The summed E-state index contributed by atoms with van der Waals surface area (Å²) in [6.45, 7) is 2.12. The highest BCUT2D eigenvalue weighted by Crippen LogP contribution is 2.47. The van der Waals surface area contributed by atoms with Crippen LogP contribution in [0.4, 0.5) is 0 Å². The summed E-state index contributed by atoms with van der Waals surface area (Å²) in [4.78, 5) is 40.8. The molecule has 0 aromatic heterocycles. The first-order valence-corrected chi connectivity index (χ1v) is 12.4. The van der Waals surface area contributed by atoms with Crippen LogP contribution >= 0.6 is 0 Å². The molecule has 1 saturated heterocycles. The number of para-hydroxylation sites is 1. The molecule has 1 fully saturated rings. The monoisotopic (exact) mass is 502 g/mol. The van der Waals surface area contributed by atoms with Gasteiger partial charge >= 0.3 is 5.97 Å². The third kappa shape index (κ3) is 4.59. The van der Waals surface area contributed by atoms with Crippen molar-refractivity contribution in [1.29, 1.82) is 0 Å². The maximum absolute atomic E-state index is 13.8. The Morgan fingerprint density at radius 2 is 1.86 bits per heavy atom. The topological polar surface area (TPSA) is 105 Å². The molecule has 8 nitrogen and oxygen atoms in total. The highest BCUT2D eigenvalue weighted by Gasteiger charge is 2.43. The zero-order chi connectivity index (χ0) is 26.3. The summed E-state index contributed by atoms with van der Waals surface area (Å²) in [7, 11) is 3.29. The van der Waals surface area contributed by atoms with E-state index in [-0.39, 0.29) is 36.2 Å². The lowest BCUT2D eigenvalue weighted by atomic mass is 9.71. The van der Waals surface area contributed by atoms with E-state index in [9.17, 15) is 19.5 Å². The van der Waals surface area contributed by atoms with Crippen LogP contribution in [0.25, 0.3) is 0 Å². The number of nitrogens with zero attached hydrogens (tertiary/aromatic N) is 1. The van der Waals surface area contributed by atoms with Crippen molar-refractivity contribution in [3.8, 4) is 11.5 Å². The molecule has 0 unspecified atom stereocenters. The third-order valence-corrected chi connectivity index (χ3v) is 7.41. The molecule has 0 bridgehead atoms. The van der Waals surface area contributed by atoms with Crippen LogP contribution in [-0.4, -0.2) is 54.5 Å². The number of rotatable bonds is 5. The minimum atomic E-state index is -0.697. The Kier molecular flexibility index (Phi) is 6.50. The Hall–Kier alpha value is -4.07. The van der Waals surface area contributed by atoms with Crippen LogP contribution in [0.5, 0.6) is 11.5 Å². The van der Waals surface area contributed by atoms with Gasteiger partial charge in [0.15, 0.2) is 5.78 Å². The third-order valence-electron chi connectivity index (χ3n) is 7.41. The van der Waals surface area contributed by atoms with Gasteiger partial charge < -0.3 is 24.8 Å². The highest BCUT2D eigenvalue weighted by molar-refractivity contribution is 6.04. The van der Waals surface area contributed by atoms with Crippen molar-refractivity contribution in [2.75, 3.05) is 20.7 Å². The van der Waals surface area contributed by atoms with E-state index in [2.05, 4.69) is 5.32 Å². The van der Waals surface area contributed by atoms with E-state index in [1.54, 1.807) is 45.3 Å². The number of ether oxygens (including phenoxy) is 2. The summed E-state index contributed by atoms with van der Waals surface area (Å²) in [5.74, 6) is -0.731. The molecule has 2 aromatic carbocycles. The second kappa shape index (κ2) is 9.76. The van der Waals surface area contributed by atoms with Gasteiger partial charge in [-0.05, 0) is 42.7 Å². The molecular formula is C29H30N2O6. The average Bonchev–Trinajstić information content (AvgIpc) is 3.18. The number of esters is 1. The summed E-state index contributed by atoms with van der Waals surface area (Å²) < 4.78 is 11.3. The number of aromatic hydroxyl groups is 1. The van der Waals surface area contributed by atoms with Crippen LogP contribution in [-0.2, 0) is 19.1 Å². The first-order valence-electron chi connectivity index (χ1n) is 12.4. The molecule has 5 rings (SSSR count). The largest absolute Gasteiger partial charge is 0.508 e. The number of carbonyl (C=O) groups excluding carboxylic acids is 3. The number of ketones is 1. The van der Waals surface area contributed by atoms with Gasteiger partial charge in [-0.15, -0.1) is 0 Å². The van der Waals surface area contributed by atoms with Crippen molar-refractivity contribution in [2.45, 2.75) is 44.1 Å². The van der Waals surface area contributed by atoms with Gasteiger partial charge in [0.05, 0.1) is 25.6 Å². The van der Waals surface area contributed by atoms with Gasteiger partial charge in [-0.25, -0.2) is 4.79 Å². The molecule has 1 aliphatic carbocycles. The number of carbonyl (C=O) groups is 3. The van der Waals surface area contributed by atoms with Crippen LogP contribution in [0.2, 0.25) is 0 Å². The quantitative estimate of drug-likeness (QED) is 0.603. The number of hydrogen-bond acceptors (Lipinski definition) is 7. The van der Waals surface area contributed by atoms with Gasteiger partial charge in [0, 0.05) is 42.3 Å². The summed E-state index contributed by atoms with van der Waals surface area (Å²) >= 11 is 0. The van der Waals surface area contributed by atoms with Crippen molar-refractivity contribution in [3.05, 3.63) is 82.2 Å². The molecule has 8 heteroatoms. The number of phenols is 1. The molecule has 0 spiro atoms. The predicted molar refractivity (Wildman–Crippen MR) is 136 cm³/mol. The van der Waals surface area contributed by atoms with Crippen molar-refractivity contribution in [1.82, 2.24) is 10.2 Å². The number of hydrogen-bond donors (Lipinski definition) is 2. The molecule has 192 valence electrons. The lowest BCUT2D eigenvalue weighted by Gasteiger charge is -2.37. The lowest BCUT2D eigenvalue weighted by Crippen LogP contribution is -2.37. The maximum atomic E-state index is 13.8. The second-order valence-corrected chi connectivity index (χ2v) is 9.86. The first-order chi connectivity index (χ1) is 17.8. The molecule has 1 amide bonds. The highest BCUT2D eigenvalue weighted by atomic mass is 16.5. The lowest BCUT2D eigenvalue weighted by molar-refractivity contribution is -0.144. The van der Waals surface area contributed by atoms with Crippen LogP contribution in [0.15, 0.2) is 71.1 Å². The first kappa shape index (κ1) is 24.6. The number of likely N-dealkylation sites (N-methyl/N-ethyl adjacent to an activating group) is 1. The number of phenolic OH excluding ortho intramolecular Hbond substituents is 1. The molecule has 2 heterocycles. The Morgan fingerprint density at radius 3 is 2.57 bits per heavy atom. The van der Waals surface area contributed by atoms with Gasteiger partial charge in [-0.1, -0.05) is 30.3 Å². The average molecular weight is 503 g/mol. The standard InChI is InChI=1S/C29H30N2O6/c1-16-26(29(35)37-20-14-25(34)31(2)15-20)27(17-7-6-8-19(32)11-17)28-22(30-16)12-18(13-23(28)33)21-9-4-5-10-24(21)36-3/h4-11,18,20,27,30,32H,12-15H2,1-3H3/t18-,20+,27-/m1/s1. The van der Waals surface area contributed by atoms with Crippen LogP contribution < -0.4 is 10.1 Å². The Morgan fingerprint density at radius 1 is 1.08 bits per heavy atom. The van der Waals surface area contributed by atoms with E-state index in [1.807, 2.05) is 24.3 Å². The smallest absolute Gasteiger partial charge is 0.337 e. The number of allylic oxidation sites excluding steroid dienone is 3. The van der Waals surface area contributed by atoms with Crippen molar-refractivity contribution in [3.63, 3.8) is 0 Å². The maximum Gasteiger partial charge on any atom is 0.337 e. The molecule has 37 heavy (non-hydrogen) atoms. The predicted octanol–water partition coefficient (Wildman–Crippen LogP) is 3.54. The van der Waals surface area contributed by atoms with Gasteiger partial charge in [0.1, 0.15) is 17.6 Å². The number of benzene rings is 2. The Bertz CT molecular complexity index is 1340. The van der Waals surface area contributed by atoms with E-state index < -0.39 is 18.0 Å². The number of likely N-dealkylation sites (tertiary alicyclic amines) is 1. The van der Waals surface area contributed by atoms with Gasteiger partial charge in [-0.2, -0.15) is 0 Å². The molecule has 3 atom stereocenters. The second-order valence-electron chi connectivity index (χ2n) is 9.86. The van der Waals surface area contributed by atoms with E-state index in [0.29, 0.717) is 35.4 Å². The fourth-order valence-electron chi connectivity index (χ4n) is 5.69. The SMILES string of the molecule is COc1ccccc1[C@H]1CC(=O)C2=C(C1)NC(C)=C(C(=O)O[C@H]1CC(=O)N(C)C1)[C@H]2c1cccc(O)c1. The van der Waals surface area contributed by atoms with Crippen molar-refractivity contribution in [2.24, 2.45) is 0 Å². The number of methoxy groups -OCH3 is 1. The van der Waals surface area contributed by atoms with Crippen molar-refractivity contribution < 1.29 is 29.0 Å². The van der Waals surface area contributed by atoms with Gasteiger partial charge in [0.2, 0.25) is 5.91 Å². The summed E-state index contributed by atoms with van der Waals surface area (Å²) in [6.07, 6.45) is 0.409. The molecule has 2 aliphatic heterocycles. The number of dihydropyridines is 1. The minimum Gasteiger partial charge on any atom is -0.508 e. The van der Waals surface area contributed by atoms with Gasteiger partial charge in [-0.3, -0.25) is 9.59 Å². The molecule has 0 radical (unpaired) electrons. The fraction of sp³-hybridized carbons (Fsp3) is 0.345. The summed E-state index contributed by atoms with van der Waals surface area (Å²) in [5.41, 5.74) is 3.75. The normalized spacial score (nSPS) is 23.6. The minimum absolute atomic E-state index is 0.0433. The Labute approximate surface area is 215 Å². The van der Waals surface area contributed by atoms with E-state index >= 15 is 0 Å². The van der Waals surface area contributed by atoms with E-state index in [4.69, 9.17) is 9.47 Å². The molecular weight excluding hydrogens is 472 g/mol. The van der Waals surface area contributed by atoms with Crippen LogP contribution in [0.3, 0.4) is 0 Å². The zero-order valence-corrected chi connectivity index (χ0v) is 21.1. The summed E-state index contributed by atoms with van der Waals surface area (Å²) in [5, 5.41) is 13.6. The molecule has 0 saturated carbocycles. The molecule has 3 aliphatic rings. The van der Waals surface area contributed by atoms with Crippen LogP contribution in [0.1, 0.15) is 49.1 Å². The molecule has 2 aromatic rings. The Balaban J connectivity index is 1.53. The number of nitrogens with one attached hydrogen (secondary N) is 1. The fourth-order valence-corrected chi connectivity index (χ4v) is 5.69. The van der Waals surface area contributed by atoms with Crippen molar-refractivity contribution >= 4 is 17.7 Å². The van der Waals surface area contributed by atoms with Crippen LogP contribution in [0, 0.1) is 0 Å². The zero-order valence-electron chi connectivity index (χ0n) is 21.1. The number of Topliss-reactive ketones (excluding diaryl/α,β-unsaturated/α-hetero) is 1. The molecule has 2 N–H and O–H groups in total. The van der Waals surface area contributed by atoms with E-state index in [0.717, 1.165) is 17.0 Å². The van der Waals surface area contributed by atoms with E-state index in [1.165, 1.54) is 4.90 Å².